The Balaban J connectivity index is 2.38. The van der Waals surface area contributed by atoms with Gasteiger partial charge >= 0.3 is 0 Å². The molecule has 5 nitrogen and oxygen atoms in total. The summed E-state index contributed by atoms with van der Waals surface area (Å²) in [4.78, 5) is 11.8. The Hall–Kier alpha value is -2.32. The van der Waals surface area contributed by atoms with E-state index in [0.717, 1.165) is 22.5 Å². The molecule has 0 aromatic heterocycles. The zero-order valence-corrected chi connectivity index (χ0v) is 15.5. The number of halogens is 2. The minimum Gasteiger partial charge on any atom is -0.319 e. The van der Waals surface area contributed by atoms with Gasteiger partial charge in [-0.2, -0.15) is 4.31 Å². The lowest BCUT2D eigenvalue weighted by atomic mass is 10.2. The van der Waals surface area contributed by atoms with E-state index in [1.165, 1.54) is 12.1 Å². The Kier molecular flexibility index (Phi) is 6.09. The van der Waals surface area contributed by atoms with Crippen molar-refractivity contribution < 1.29 is 22.0 Å². The molecule has 0 heterocycles. The van der Waals surface area contributed by atoms with E-state index in [1.54, 1.807) is 26.8 Å². The molecule has 8 heteroatoms. The topological polar surface area (TPSA) is 66.5 Å². The van der Waals surface area contributed by atoms with Crippen molar-refractivity contribution in [2.75, 3.05) is 18.4 Å². The first-order valence-electron chi connectivity index (χ1n) is 8.07. The molecule has 0 radical (unpaired) electrons. The number of nitrogens with zero attached hydrogens (tertiary/aromatic N) is 1. The van der Waals surface area contributed by atoms with Crippen LogP contribution in [0.3, 0.4) is 0 Å². The summed E-state index contributed by atoms with van der Waals surface area (Å²) in [5.74, 6) is -2.30. The van der Waals surface area contributed by atoms with Crippen molar-refractivity contribution in [2.24, 2.45) is 0 Å². The third-order valence-corrected chi connectivity index (χ3v) is 5.95. The maximum absolute atomic E-state index is 14.1. The number of carbonyl (C=O) groups excluding carboxylic acids is 1. The van der Waals surface area contributed by atoms with Gasteiger partial charge in [-0.15, -0.1) is 0 Å². The van der Waals surface area contributed by atoms with E-state index >= 15 is 0 Å². The van der Waals surface area contributed by atoms with Gasteiger partial charge < -0.3 is 5.32 Å². The first kappa shape index (κ1) is 20.0. The number of anilines is 1. The van der Waals surface area contributed by atoms with Crippen LogP contribution in [0.5, 0.6) is 0 Å². The SMILES string of the molecule is CCN(CC)S(=O)(=O)c1cc(C(=O)Nc2ccc(C)cc2F)ccc1F. The molecule has 0 saturated carbocycles. The van der Waals surface area contributed by atoms with Crippen LogP contribution in [-0.4, -0.2) is 31.7 Å². The maximum atomic E-state index is 14.1. The lowest BCUT2D eigenvalue weighted by Gasteiger charge is -2.19. The summed E-state index contributed by atoms with van der Waals surface area (Å²) in [5.41, 5.74) is 0.560. The number of hydrogen-bond donors (Lipinski definition) is 1. The van der Waals surface area contributed by atoms with Crippen LogP contribution in [0.4, 0.5) is 14.5 Å². The predicted molar refractivity (Wildman–Crippen MR) is 95.6 cm³/mol. The van der Waals surface area contributed by atoms with Crippen molar-refractivity contribution in [1.29, 1.82) is 0 Å². The average Bonchev–Trinajstić information content (AvgIpc) is 2.58. The van der Waals surface area contributed by atoms with Crippen molar-refractivity contribution in [3.8, 4) is 0 Å². The predicted octanol–water partition coefficient (Wildman–Crippen LogP) is 3.56. The highest BCUT2D eigenvalue weighted by Gasteiger charge is 2.26. The van der Waals surface area contributed by atoms with Crippen LogP contribution in [0.2, 0.25) is 0 Å². The highest BCUT2D eigenvalue weighted by atomic mass is 32.2. The Morgan fingerprint density at radius 3 is 2.27 bits per heavy atom. The molecule has 0 aliphatic carbocycles. The van der Waals surface area contributed by atoms with E-state index in [2.05, 4.69) is 5.32 Å². The van der Waals surface area contributed by atoms with E-state index in [4.69, 9.17) is 0 Å². The molecular weight excluding hydrogens is 362 g/mol. The van der Waals surface area contributed by atoms with Crippen LogP contribution >= 0.6 is 0 Å². The Bertz CT molecular complexity index is 926. The largest absolute Gasteiger partial charge is 0.319 e. The van der Waals surface area contributed by atoms with Crippen LogP contribution in [0.1, 0.15) is 29.8 Å². The van der Waals surface area contributed by atoms with Gasteiger partial charge in [-0.1, -0.05) is 19.9 Å². The van der Waals surface area contributed by atoms with E-state index < -0.39 is 32.5 Å². The lowest BCUT2D eigenvalue weighted by Crippen LogP contribution is -2.31. The molecule has 0 saturated heterocycles. The van der Waals surface area contributed by atoms with E-state index in [1.807, 2.05) is 0 Å². The summed E-state index contributed by atoms with van der Waals surface area (Å²) in [6.45, 7) is 5.32. The van der Waals surface area contributed by atoms with Crippen molar-refractivity contribution in [3.05, 3.63) is 59.2 Å². The second kappa shape index (κ2) is 7.92. The monoisotopic (exact) mass is 382 g/mol. The summed E-state index contributed by atoms with van der Waals surface area (Å²) in [7, 11) is -4.07. The third kappa shape index (κ3) is 4.08. The van der Waals surface area contributed by atoms with Crippen molar-refractivity contribution in [3.63, 3.8) is 0 Å². The normalized spacial score (nSPS) is 11.6. The smallest absolute Gasteiger partial charge is 0.255 e. The van der Waals surface area contributed by atoms with Crippen LogP contribution in [0, 0.1) is 18.6 Å². The van der Waals surface area contributed by atoms with Crippen LogP contribution in [0.15, 0.2) is 41.3 Å². The molecule has 2 aromatic rings. The van der Waals surface area contributed by atoms with Gasteiger partial charge in [0.2, 0.25) is 10.0 Å². The van der Waals surface area contributed by atoms with Crippen LogP contribution in [-0.2, 0) is 10.0 Å². The van der Waals surface area contributed by atoms with Gasteiger partial charge in [0.15, 0.2) is 0 Å². The standard InChI is InChI=1S/C18H20F2N2O3S/c1-4-22(5-2)26(24,25)17-11-13(7-8-14(17)19)18(23)21-16-9-6-12(3)10-15(16)20/h6-11H,4-5H2,1-3H3,(H,21,23). The third-order valence-electron chi connectivity index (χ3n) is 3.89. The fourth-order valence-corrected chi connectivity index (χ4v) is 4.01. The molecule has 0 fully saturated rings. The molecule has 1 amide bonds. The van der Waals surface area contributed by atoms with Crippen molar-refractivity contribution in [2.45, 2.75) is 25.7 Å². The number of aryl methyl sites for hydroxylation is 1. The number of carbonyl (C=O) groups is 1. The second-order valence-corrected chi connectivity index (χ2v) is 7.58. The first-order chi connectivity index (χ1) is 12.2. The minimum absolute atomic E-state index is 0.0434. The van der Waals surface area contributed by atoms with Crippen molar-refractivity contribution >= 4 is 21.6 Å². The minimum atomic E-state index is -4.07. The zero-order chi connectivity index (χ0) is 19.5. The molecular formula is C18H20F2N2O3S. The maximum Gasteiger partial charge on any atom is 0.255 e. The zero-order valence-electron chi connectivity index (χ0n) is 14.7. The molecule has 2 rings (SSSR count). The number of sulfonamides is 1. The van der Waals surface area contributed by atoms with Crippen molar-refractivity contribution in [1.82, 2.24) is 4.31 Å². The summed E-state index contributed by atoms with van der Waals surface area (Å²) >= 11 is 0. The van der Waals surface area contributed by atoms with Gasteiger partial charge in [0, 0.05) is 18.7 Å². The molecule has 0 spiro atoms. The number of benzene rings is 2. The molecule has 2 aromatic carbocycles. The van der Waals surface area contributed by atoms with Gasteiger partial charge in [0.05, 0.1) is 5.69 Å². The summed E-state index contributed by atoms with van der Waals surface area (Å²) in [6.07, 6.45) is 0. The Labute approximate surface area is 151 Å². The molecule has 0 unspecified atom stereocenters. The molecule has 0 bridgehead atoms. The highest BCUT2D eigenvalue weighted by Crippen LogP contribution is 2.22. The fourth-order valence-electron chi connectivity index (χ4n) is 2.46. The summed E-state index contributed by atoms with van der Waals surface area (Å²) < 4.78 is 54.1. The van der Waals surface area contributed by atoms with Crippen LogP contribution in [0.25, 0.3) is 0 Å². The van der Waals surface area contributed by atoms with Gasteiger partial charge in [-0.3, -0.25) is 4.79 Å². The lowest BCUT2D eigenvalue weighted by molar-refractivity contribution is 0.102. The number of rotatable bonds is 6. The highest BCUT2D eigenvalue weighted by molar-refractivity contribution is 7.89. The molecule has 1 N–H and O–H groups in total. The van der Waals surface area contributed by atoms with Gasteiger partial charge in [-0.25, -0.2) is 17.2 Å². The molecule has 0 aliphatic heterocycles. The quantitative estimate of drug-likeness (QED) is 0.831. The Morgan fingerprint density at radius 1 is 1.04 bits per heavy atom. The van der Waals surface area contributed by atoms with Gasteiger partial charge in [0.25, 0.3) is 5.91 Å². The van der Waals surface area contributed by atoms with E-state index in [0.29, 0.717) is 5.56 Å². The molecule has 0 aliphatic rings. The van der Waals surface area contributed by atoms with Crippen LogP contribution < -0.4 is 5.32 Å². The second-order valence-electron chi connectivity index (χ2n) is 5.67. The van der Waals surface area contributed by atoms with E-state index in [-0.39, 0.29) is 24.3 Å². The van der Waals surface area contributed by atoms with Gasteiger partial charge in [0.1, 0.15) is 16.5 Å². The average molecular weight is 382 g/mol. The summed E-state index contributed by atoms with van der Waals surface area (Å²) in [5, 5.41) is 2.36. The van der Waals surface area contributed by atoms with E-state index in [9.17, 15) is 22.0 Å². The first-order valence-corrected chi connectivity index (χ1v) is 9.51. The number of nitrogens with one attached hydrogen (secondary N) is 1. The van der Waals surface area contributed by atoms with Gasteiger partial charge in [-0.05, 0) is 42.8 Å². The summed E-state index contributed by atoms with van der Waals surface area (Å²) in [6, 6.07) is 7.31. The fraction of sp³-hybridized carbons (Fsp3) is 0.278. The molecule has 140 valence electrons. The number of hydrogen-bond acceptors (Lipinski definition) is 3. The molecule has 0 atom stereocenters. The Morgan fingerprint density at radius 2 is 1.69 bits per heavy atom. The molecule has 26 heavy (non-hydrogen) atoms. The number of amides is 1.